The fourth-order valence-corrected chi connectivity index (χ4v) is 1.42. The largest absolute Gasteiger partial charge is 0.497 e. The lowest BCUT2D eigenvalue weighted by molar-refractivity contribution is 0.0199. The van der Waals surface area contributed by atoms with Crippen LogP contribution in [-0.4, -0.2) is 37.0 Å². The normalized spacial score (nSPS) is 14.6. The summed E-state index contributed by atoms with van der Waals surface area (Å²) in [5.74, 6) is -0.198. The number of aliphatic hydroxyl groups excluding tert-OH is 2. The molecule has 4 nitrogen and oxygen atoms in total. The maximum atomic E-state index is 13.1. The van der Waals surface area contributed by atoms with Crippen molar-refractivity contribution < 1.29 is 19.3 Å². The van der Waals surface area contributed by atoms with Crippen LogP contribution >= 0.6 is 0 Å². The molecule has 2 unspecified atom stereocenters. The molecule has 0 aliphatic rings. The Morgan fingerprint density at radius 1 is 1.38 bits per heavy atom. The highest BCUT2D eigenvalue weighted by Crippen LogP contribution is 2.23. The Kier molecular flexibility index (Phi) is 4.67. The zero-order valence-corrected chi connectivity index (χ0v) is 9.27. The molecule has 0 aromatic heterocycles. The van der Waals surface area contributed by atoms with Crippen molar-refractivity contribution in [1.29, 1.82) is 0 Å². The summed E-state index contributed by atoms with van der Waals surface area (Å²) in [7, 11) is 3.07. The molecule has 2 atom stereocenters. The molecule has 16 heavy (non-hydrogen) atoms. The van der Waals surface area contributed by atoms with Gasteiger partial charge >= 0.3 is 0 Å². The molecule has 0 radical (unpaired) electrons. The molecule has 1 aromatic carbocycles. The molecule has 5 heteroatoms. The Morgan fingerprint density at radius 3 is 2.62 bits per heavy atom. The highest BCUT2D eigenvalue weighted by atomic mass is 19.1. The van der Waals surface area contributed by atoms with Gasteiger partial charge in [0.2, 0.25) is 0 Å². The van der Waals surface area contributed by atoms with Crippen LogP contribution in [-0.2, 0) is 0 Å². The van der Waals surface area contributed by atoms with Gasteiger partial charge in [0.05, 0.1) is 13.2 Å². The minimum Gasteiger partial charge on any atom is -0.497 e. The number of rotatable bonds is 5. The smallest absolute Gasteiger partial charge is 0.127 e. The molecule has 0 aliphatic carbocycles. The first kappa shape index (κ1) is 12.9. The molecule has 0 heterocycles. The second kappa shape index (κ2) is 5.79. The predicted octanol–water partition coefficient (Wildman–Crippen LogP) is 0.448. The number of hydrogen-bond donors (Lipinski definition) is 3. The van der Waals surface area contributed by atoms with E-state index in [-0.39, 0.29) is 6.54 Å². The van der Waals surface area contributed by atoms with E-state index in [1.807, 2.05) is 0 Å². The molecule has 0 fully saturated rings. The second-order valence-corrected chi connectivity index (χ2v) is 3.49. The quantitative estimate of drug-likeness (QED) is 0.686. The summed E-state index contributed by atoms with van der Waals surface area (Å²) in [5.41, 5.74) is 0.291. The van der Waals surface area contributed by atoms with Crippen LogP contribution in [0, 0.1) is 5.82 Å². The highest BCUT2D eigenvalue weighted by Gasteiger charge is 2.18. The summed E-state index contributed by atoms with van der Waals surface area (Å²) < 4.78 is 18.0. The second-order valence-electron chi connectivity index (χ2n) is 3.49. The number of aliphatic hydroxyl groups is 2. The molecule has 1 rings (SSSR count). The summed E-state index contributed by atoms with van der Waals surface area (Å²) >= 11 is 0. The van der Waals surface area contributed by atoms with Crippen LogP contribution in [0.25, 0.3) is 0 Å². The topological polar surface area (TPSA) is 61.7 Å². The van der Waals surface area contributed by atoms with Crippen LogP contribution in [0.15, 0.2) is 18.2 Å². The lowest BCUT2D eigenvalue weighted by atomic mass is 10.0. The Balaban J connectivity index is 2.89. The number of likely N-dealkylation sites (N-methyl/N-ethyl adjacent to an activating group) is 1. The van der Waals surface area contributed by atoms with Gasteiger partial charge in [-0.1, -0.05) is 0 Å². The van der Waals surface area contributed by atoms with Gasteiger partial charge in [0.1, 0.15) is 17.7 Å². The number of ether oxygens (including phenoxy) is 1. The van der Waals surface area contributed by atoms with Crippen LogP contribution in [0.5, 0.6) is 5.75 Å². The molecule has 0 spiro atoms. The van der Waals surface area contributed by atoms with Crippen LogP contribution < -0.4 is 10.1 Å². The van der Waals surface area contributed by atoms with Crippen molar-refractivity contribution in [3.8, 4) is 5.75 Å². The Bertz CT molecular complexity index is 346. The van der Waals surface area contributed by atoms with E-state index in [1.54, 1.807) is 7.05 Å². The molecule has 0 bridgehead atoms. The van der Waals surface area contributed by atoms with E-state index in [9.17, 15) is 14.6 Å². The van der Waals surface area contributed by atoms with Crippen LogP contribution in [0.4, 0.5) is 4.39 Å². The maximum absolute atomic E-state index is 13.1. The molecule has 3 N–H and O–H groups in total. The van der Waals surface area contributed by atoms with Crippen molar-refractivity contribution in [2.75, 3.05) is 20.7 Å². The molecule has 0 saturated heterocycles. The maximum Gasteiger partial charge on any atom is 0.127 e. The molecule has 90 valence electrons. The molecule has 0 amide bonds. The monoisotopic (exact) mass is 229 g/mol. The van der Waals surface area contributed by atoms with E-state index in [2.05, 4.69) is 5.32 Å². The van der Waals surface area contributed by atoms with Gasteiger partial charge in [-0.3, -0.25) is 0 Å². The van der Waals surface area contributed by atoms with E-state index in [4.69, 9.17) is 4.74 Å². The third kappa shape index (κ3) is 3.16. The van der Waals surface area contributed by atoms with Crippen LogP contribution in [0.2, 0.25) is 0 Å². The molecular formula is C11H16FNO3. The number of benzene rings is 1. The standard InChI is InChI=1S/C11H16FNO3/c1-13-6-10(14)11(15)7-3-8(12)5-9(4-7)16-2/h3-5,10-11,13-15H,6H2,1-2H3. The SMILES string of the molecule is CNCC(O)C(O)c1cc(F)cc(OC)c1. The van der Waals surface area contributed by atoms with Crippen molar-refractivity contribution in [2.45, 2.75) is 12.2 Å². The van der Waals surface area contributed by atoms with Crippen LogP contribution in [0.1, 0.15) is 11.7 Å². The zero-order valence-electron chi connectivity index (χ0n) is 9.27. The van der Waals surface area contributed by atoms with Gasteiger partial charge in [0.25, 0.3) is 0 Å². The Hall–Kier alpha value is -1.17. The van der Waals surface area contributed by atoms with Gasteiger partial charge in [-0.25, -0.2) is 4.39 Å². The Morgan fingerprint density at radius 2 is 2.06 bits per heavy atom. The minimum atomic E-state index is -1.14. The predicted molar refractivity (Wildman–Crippen MR) is 57.8 cm³/mol. The van der Waals surface area contributed by atoms with E-state index >= 15 is 0 Å². The lowest BCUT2D eigenvalue weighted by Gasteiger charge is -2.18. The van der Waals surface area contributed by atoms with Gasteiger partial charge in [-0.05, 0) is 24.7 Å². The van der Waals surface area contributed by atoms with Crippen molar-refractivity contribution >= 4 is 0 Å². The van der Waals surface area contributed by atoms with E-state index in [0.29, 0.717) is 11.3 Å². The number of halogens is 1. The minimum absolute atomic E-state index is 0.222. The van der Waals surface area contributed by atoms with Crippen molar-refractivity contribution in [3.63, 3.8) is 0 Å². The first-order chi connectivity index (χ1) is 7.58. The highest BCUT2D eigenvalue weighted by molar-refractivity contribution is 5.31. The summed E-state index contributed by atoms with van der Waals surface area (Å²) in [5, 5.41) is 22.0. The molecule has 1 aromatic rings. The van der Waals surface area contributed by atoms with Crippen molar-refractivity contribution in [1.82, 2.24) is 5.32 Å². The molecule has 0 aliphatic heterocycles. The first-order valence-corrected chi connectivity index (χ1v) is 4.93. The summed E-state index contributed by atoms with van der Waals surface area (Å²) in [6, 6.07) is 3.87. The van der Waals surface area contributed by atoms with Gasteiger partial charge in [-0.2, -0.15) is 0 Å². The summed E-state index contributed by atoms with van der Waals surface area (Å²) in [4.78, 5) is 0. The van der Waals surface area contributed by atoms with Crippen LogP contribution in [0.3, 0.4) is 0 Å². The number of hydrogen-bond acceptors (Lipinski definition) is 4. The number of methoxy groups -OCH3 is 1. The average molecular weight is 229 g/mol. The van der Waals surface area contributed by atoms with Gasteiger partial charge in [0, 0.05) is 12.6 Å². The number of nitrogens with one attached hydrogen (secondary N) is 1. The average Bonchev–Trinajstić information content (AvgIpc) is 2.27. The van der Waals surface area contributed by atoms with E-state index in [0.717, 1.165) is 0 Å². The fourth-order valence-electron chi connectivity index (χ4n) is 1.42. The summed E-state index contributed by atoms with van der Waals surface area (Å²) in [6.07, 6.45) is -2.13. The fraction of sp³-hybridized carbons (Fsp3) is 0.455. The first-order valence-electron chi connectivity index (χ1n) is 4.93. The third-order valence-electron chi connectivity index (χ3n) is 2.25. The van der Waals surface area contributed by atoms with Gasteiger partial charge in [-0.15, -0.1) is 0 Å². The van der Waals surface area contributed by atoms with Crippen molar-refractivity contribution in [2.24, 2.45) is 0 Å². The van der Waals surface area contributed by atoms with Gasteiger partial charge in [0.15, 0.2) is 0 Å². The lowest BCUT2D eigenvalue weighted by Crippen LogP contribution is -2.29. The van der Waals surface area contributed by atoms with E-state index < -0.39 is 18.0 Å². The molecular weight excluding hydrogens is 213 g/mol. The Labute approximate surface area is 93.7 Å². The third-order valence-corrected chi connectivity index (χ3v) is 2.25. The van der Waals surface area contributed by atoms with Crippen molar-refractivity contribution in [3.05, 3.63) is 29.6 Å². The molecule has 0 saturated carbocycles. The van der Waals surface area contributed by atoms with Gasteiger partial charge < -0.3 is 20.3 Å². The summed E-state index contributed by atoms with van der Waals surface area (Å²) in [6.45, 7) is 0.222. The van der Waals surface area contributed by atoms with E-state index in [1.165, 1.54) is 25.3 Å². The zero-order chi connectivity index (χ0) is 12.1.